The molecule has 0 N–H and O–H groups in total. The Morgan fingerprint density at radius 3 is 1.94 bits per heavy atom. The molecule has 6 aromatic carbocycles. The molecule has 2 aromatic heterocycles. The Labute approximate surface area is 207 Å². The number of rotatable bonds is 2. The molecule has 0 saturated carbocycles. The Morgan fingerprint density at radius 2 is 1.14 bits per heavy atom. The molecule has 0 unspecified atom stereocenters. The largest absolute Gasteiger partial charge is 0.254 e. The molecule has 0 radical (unpaired) electrons. The van der Waals surface area contributed by atoms with Gasteiger partial charge in [0.2, 0.25) is 0 Å². The van der Waals surface area contributed by atoms with E-state index in [4.69, 9.17) is 9.97 Å². The summed E-state index contributed by atoms with van der Waals surface area (Å²) in [6, 6.07) is 41.0. The summed E-state index contributed by atoms with van der Waals surface area (Å²) in [5.41, 5.74) is 5.12. The van der Waals surface area contributed by atoms with Crippen molar-refractivity contribution in [2.75, 3.05) is 0 Å². The molecular weight excluding hydrogens is 436 g/mol. The standard InChI is InChI=1S/C34H20N2/c1-2-10-29-26(8-1)27-9-3-4-11-30(27)36-34(29)31-19-16-24(20-35-31)25-17-14-23-13-12-21-6-5-7-22-15-18-28(25)33(23)32(21)22/h1-20H. The predicted octanol–water partition coefficient (Wildman–Crippen LogP) is 9.01. The van der Waals surface area contributed by atoms with E-state index in [9.17, 15) is 0 Å². The van der Waals surface area contributed by atoms with E-state index < -0.39 is 0 Å². The van der Waals surface area contributed by atoms with Gasteiger partial charge in [-0.15, -0.1) is 0 Å². The third kappa shape index (κ3) is 2.73. The SMILES string of the molecule is c1cc2ccc3ccc(-c4ccc(-c5nc6ccccc6c6ccccc56)nc4)c4ccc(c1)c2c34. The first kappa shape index (κ1) is 19.5. The molecule has 0 fully saturated rings. The normalized spacial score (nSPS) is 11.9. The summed E-state index contributed by atoms with van der Waals surface area (Å²) < 4.78 is 0. The van der Waals surface area contributed by atoms with Crippen LogP contribution in [0.3, 0.4) is 0 Å². The van der Waals surface area contributed by atoms with Crippen LogP contribution in [-0.2, 0) is 0 Å². The van der Waals surface area contributed by atoms with E-state index in [1.807, 2.05) is 12.3 Å². The number of nitrogens with zero attached hydrogens (tertiary/aromatic N) is 2. The molecule has 0 atom stereocenters. The Hall–Kier alpha value is -4.82. The van der Waals surface area contributed by atoms with Gasteiger partial charge < -0.3 is 0 Å². The fourth-order valence-corrected chi connectivity index (χ4v) is 5.78. The van der Waals surface area contributed by atoms with Crippen molar-refractivity contribution < 1.29 is 0 Å². The molecule has 0 aliphatic heterocycles. The lowest BCUT2D eigenvalue weighted by atomic mass is 9.90. The van der Waals surface area contributed by atoms with Crippen molar-refractivity contribution in [1.82, 2.24) is 9.97 Å². The van der Waals surface area contributed by atoms with Crippen LogP contribution < -0.4 is 0 Å². The van der Waals surface area contributed by atoms with Crippen molar-refractivity contribution in [2.45, 2.75) is 0 Å². The highest BCUT2D eigenvalue weighted by atomic mass is 14.8. The topological polar surface area (TPSA) is 25.8 Å². The summed E-state index contributed by atoms with van der Waals surface area (Å²) in [6.07, 6.45) is 1.99. The van der Waals surface area contributed by atoms with Crippen LogP contribution in [0.15, 0.2) is 121 Å². The molecule has 8 aromatic rings. The monoisotopic (exact) mass is 456 g/mol. The average molecular weight is 457 g/mol. The first-order valence-electron chi connectivity index (χ1n) is 12.3. The Kier molecular flexibility index (Phi) is 3.97. The van der Waals surface area contributed by atoms with Crippen LogP contribution in [0.25, 0.3) is 76.5 Å². The van der Waals surface area contributed by atoms with Crippen LogP contribution in [0.1, 0.15) is 0 Å². The highest BCUT2D eigenvalue weighted by Gasteiger charge is 2.14. The highest BCUT2D eigenvalue weighted by Crippen LogP contribution is 2.39. The van der Waals surface area contributed by atoms with Crippen molar-refractivity contribution in [3.05, 3.63) is 121 Å². The van der Waals surface area contributed by atoms with Gasteiger partial charge in [0.15, 0.2) is 0 Å². The molecule has 36 heavy (non-hydrogen) atoms. The van der Waals surface area contributed by atoms with Crippen molar-refractivity contribution >= 4 is 54.0 Å². The van der Waals surface area contributed by atoms with Crippen molar-refractivity contribution in [3.63, 3.8) is 0 Å². The summed E-state index contributed by atoms with van der Waals surface area (Å²) in [5, 5.41) is 11.3. The van der Waals surface area contributed by atoms with E-state index >= 15 is 0 Å². The quantitative estimate of drug-likeness (QED) is 0.243. The summed E-state index contributed by atoms with van der Waals surface area (Å²) in [5.74, 6) is 0. The third-order valence-electron chi connectivity index (χ3n) is 7.45. The number of benzene rings is 6. The molecule has 0 spiro atoms. The predicted molar refractivity (Wildman–Crippen MR) is 152 cm³/mol. The second-order valence-electron chi connectivity index (χ2n) is 9.42. The van der Waals surface area contributed by atoms with E-state index in [0.29, 0.717) is 0 Å². The van der Waals surface area contributed by atoms with Crippen LogP contribution >= 0.6 is 0 Å². The van der Waals surface area contributed by atoms with Gasteiger partial charge in [-0.1, -0.05) is 103 Å². The van der Waals surface area contributed by atoms with E-state index in [1.54, 1.807) is 0 Å². The van der Waals surface area contributed by atoms with Gasteiger partial charge in [0, 0.05) is 22.5 Å². The Balaban J connectivity index is 1.32. The van der Waals surface area contributed by atoms with Gasteiger partial charge >= 0.3 is 0 Å². The minimum Gasteiger partial charge on any atom is -0.254 e. The molecular formula is C34H20N2. The molecule has 8 rings (SSSR count). The Bertz CT molecular complexity index is 2070. The van der Waals surface area contributed by atoms with Gasteiger partial charge in [-0.3, -0.25) is 4.98 Å². The molecule has 0 amide bonds. The van der Waals surface area contributed by atoms with Crippen molar-refractivity contribution in [1.29, 1.82) is 0 Å². The number of pyridine rings is 2. The van der Waals surface area contributed by atoms with Crippen LogP contribution in [0, 0.1) is 0 Å². The maximum atomic E-state index is 5.02. The lowest BCUT2D eigenvalue weighted by molar-refractivity contribution is 1.29. The second-order valence-corrected chi connectivity index (χ2v) is 9.42. The zero-order chi connectivity index (χ0) is 23.6. The number of hydrogen-bond acceptors (Lipinski definition) is 2. The molecule has 2 heteroatoms. The summed E-state index contributed by atoms with van der Waals surface area (Å²) in [6.45, 7) is 0. The Morgan fingerprint density at radius 1 is 0.444 bits per heavy atom. The van der Waals surface area contributed by atoms with Crippen molar-refractivity contribution in [2.24, 2.45) is 0 Å². The minimum atomic E-state index is 0.887. The van der Waals surface area contributed by atoms with Crippen LogP contribution in [-0.4, -0.2) is 9.97 Å². The zero-order valence-electron chi connectivity index (χ0n) is 19.4. The minimum absolute atomic E-state index is 0.887. The molecule has 0 bridgehead atoms. The van der Waals surface area contributed by atoms with Gasteiger partial charge in [-0.05, 0) is 55.4 Å². The molecule has 2 nitrogen and oxygen atoms in total. The fraction of sp³-hybridized carbons (Fsp3) is 0. The van der Waals surface area contributed by atoms with Gasteiger partial charge in [0.1, 0.15) is 0 Å². The van der Waals surface area contributed by atoms with E-state index in [2.05, 4.69) is 109 Å². The molecule has 166 valence electrons. The van der Waals surface area contributed by atoms with Gasteiger partial charge in [0.25, 0.3) is 0 Å². The second kappa shape index (κ2) is 7.34. The van der Waals surface area contributed by atoms with Gasteiger partial charge in [-0.25, -0.2) is 4.98 Å². The molecule has 0 saturated heterocycles. The maximum absolute atomic E-state index is 5.02. The van der Waals surface area contributed by atoms with Crippen LogP contribution in [0.4, 0.5) is 0 Å². The lowest BCUT2D eigenvalue weighted by Crippen LogP contribution is -1.92. The number of hydrogen-bond donors (Lipinski definition) is 0. The van der Waals surface area contributed by atoms with Gasteiger partial charge in [-0.2, -0.15) is 0 Å². The smallest absolute Gasteiger partial charge is 0.0972 e. The molecule has 0 aliphatic carbocycles. The molecule has 2 heterocycles. The summed E-state index contributed by atoms with van der Waals surface area (Å²) in [7, 11) is 0. The highest BCUT2D eigenvalue weighted by molar-refractivity contribution is 6.25. The van der Waals surface area contributed by atoms with E-state index in [-0.39, 0.29) is 0 Å². The average Bonchev–Trinajstić information content (AvgIpc) is 2.95. The number of aromatic nitrogens is 2. The summed E-state index contributed by atoms with van der Waals surface area (Å²) in [4.78, 5) is 9.95. The van der Waals surface area contributed by atoms with E-state index in [1.165, 1.54) is 48.7 Å². The maximum Gasteiger partial charge on any atom is 0.0972 e. The molecule has 0 aliphatic rings. The van der Waals surface area contributed by atoms with Crippen LogP contribution in [0.2, 0.25) is 0 Å². The van der Waals surface area contributed by atoms with Crippen molar-refractivity contribution in [3.8, 4) is 22.5 Å². The summed E-state index contributed by atoms with van der Waals surface area (Å²) >= 11 is 0. The fourth-order valence-electron chi connectivity index (χ4n) is 5.78. The van der Waals surface area contributed by atoms with E-state index in [0.717, 1.165) is 27.9 Å². The zero-order valence-corrected chi connectivity index (χ0v) is 19.4. The first-order chi connectivity index (χ1) is 17.8. The van der Waals surface area contributed by atoms with Gasteiger partial charge in [0.05, 0.1) is 16.9 Å². The van der Waals surface area contributed by atoms with Crippen LogP contribution in [0.5, 0.6) is 0 Å². The lowest BCUT2D eigenvalue weighted by Gasteiger charge is -2.14. The number of fused-ring (bicyclic) bond motifs is 3. The first-order valence-corrected chi connectivity index (χ1v) is 12.3. The third-order valence-corrected chi connectivity index (χ3v) is 7.45. The number of para-hydroxylation sites is 1.